The number of sulfonamides is 1. The number of halogens is 1. The van der Waals surface area contributed by atoms with Crippen molar-refractivity contribution >= 4 is 43.3 Å². The number of carbonyl (C=O) groups is 1. The number of non-ortho nitro benzene ring substituents is 1. The Hall–Kier alpha value is -2.46. The van der Waals surface area contributed by atoms with Gasteiger partial charge in [0.2, 0.25) is 0 Å². The lowest BCUT2D eigenvalue weighted by molar-refractivity contribution is -0.385. The Bertz CT molecular complexity index is 961. The number of aryl methyl sites for hydroxylation is 1. The Morgan fingerprint density at radius 2 is 1.96 bits per heavy atom. The molecule has 0 saturated heterocycles. The second kappa shape index (κ2) is 7.83. The van der Waals surface area contributed by atoms with Gasteiger partial charge in [-0.05, 0) is 36.8 Å². The molecule has 0 saturated carbocycles. The van der Waals surface area contributed by atoms with Crippen molar-refractivity contribution in [2.45, 2.75) is 11.8 Å². The van der Waals surface area contributed by atoms with Crippen LogP contribution < -0.4 is 4.31 Å². The molecule has 0 aliphatic carbocycles. The van der Waals surface area contributed by atoms with Crippen molar-refractivity contribution in [1.82, 2.24) is 0 Å². The van der Waals surface area contributed by atoms with Gasteiger partial charge in [-0.2, -0.15) is 0 Å². The van der Waals surface area contributed by atoms with Crippen LogP contribution in [-0.4, -0.2) is 33.0 Å². The molecular formula is C16H15BrN2O6S. The number of nitro groups is 1. The lowest BCUT2D eigenvalue weighted by atomic mass is 10.2. The quantitative estimate of drug-likeness (QED) is 0.386. The highest BCUT2D eigenvalue weighted by molar-refractivity contribution is 9.10. The van der Waals surface area contributed by atoms with Crippen molar-refractivity contribution in [3.8, 4) is 0 Å². The second-order valence-electron chi connectivity index (χ2n) is 5.28. The molecule has 0 radical (unpaired) electrons. The predicted octanol–water partition coefficient (Wildman–Crippen LogP) is 3.03. The Labute approximate surface area is 158 Å². The van der Waals surface area contributed by atoms with Gasteiger partial charge in [0.25, 0.3) is 15.7 Å². The van der Waals surface area contributed by atoms with Crippen molar-refractivity contribution in [2.24, 2.45) is 0 Å². The topological polar surface area (TPSA) is 107 Å². The summed E-state index contributed by atoms with van der Waals surface area (Å²) in [4.78, 5) is 21.7. The van der Waals surface area contributed by atoms with Gasteiger partial charge in [0, 0.05) is 16.6 Å². The molecular weight excluding hydrogens is 428 g/mol. The minimum absolute atomic E-state index is 0.239. The number of hydrogen-bond donors (Lipinski definition) is 0. The van der Waals surface area contributed by atoms with Gasteiger partial charge >= 0.3 is 5.97 Å². The first-order valence-corrected chi connectivity index (χ1v) is 9.50. The molecule has 26 heavy (non-hydrogen) atoms. The Morgan fingerprint density at radius 1 is 1.27 bits per heavy atom. The zero-order valence-corrected chi connectivity index (χ0v) is 16.3. The van der Waals surface area contributed by atoms with E-state index < -0.39 is 27.5 Å². The van der Waals surface area contributed by atoms with Gasteiger partial charge in [-0.3, -0.25) is 19.2 Å². The molecule has 0 aromatic heterocycles. The van der Waals surface area contributed by atoms with E-state index in [1.807, 2.05) is 0 Å². The second-order valence-corrected chi connectivity index (χ2v) is 7.99. The first-order valence-electron chi connectivity index (χ1n) is 7.27. The summed E-state index contributed by atoms with van der Waals surface area (Å²) in [7, 11) is -3.09. The van der Waals surface area contributed by atoms with E-state index in [2.05, 4.69) is 20.7 Å². The maximum atomic E-state index is 13.0. The van der Waals surface area contributed by atoms with Crippen LogP contribution >= 0.6 is 15.9 Å². The molecule has 8 nitrogen and oxygen atoms in total. The van der Waals surface area contributed by atoms with Crippen LogP contribution in [0.4, 0.5) is 11.4 Å². The number of anilines is 1. The zero-order chi connectivity index (χ0) is 19.5. The summed E-state index contributed by atoms with van der Waals surface area (Å²) in [6.45, 7) is 1.20. The molecule has 0 unspecified atom stereocenters. The fraction of sp³-hybridized carbons (Fsp3) is 0.188. The van der Waals surface area contributed by atoms with Crippen LogP contribution in [0.3, 0.4) is 0 Å². The van der Waals surface area contributed by atoms with Crippen molar-refractivity contribution in [2.75, 3.05) is 18.0 Å². The molecule has 0 aliphatic heterocycles. The fourth-order valence-electron chi connectivity index (χ4n) is 2.17. The van der Waals surface area contributed by atoms with Crippen molar-refractivity contribution < 1.29 is 22.9 Å². The minimum Gasteiger partial charge on any atom is -0.468 e. The molecule has 0 amide bonds. The van der Waals surface area contributed by atoms with Crippen LogP contribution in [0.25, 0.3) is 0 Å². The third kappa shape index (κ3) is 4.20. The number of hydrogen-bond acceptors (Lipinski definition) is 6. The summed E-state index contributed by atoms with van der Waals surface area (Å²) in [5.41, 5.74) is 0.630. The maximum absolute atomic E-state index is 13.0. The molecule has 138 valence electrons. The largest absolute Gasteiger partial charge is 0.468 e. The van der Waals surface area contributed by atoms with Crippen molar-refractivity contribution in [1.29, 1.82) is 0 Å². The molecule has 10 heteroatoms. The number of esters is 1. The van der Waals surface area contributed by atoms with Crippen molar-refractivity contribution in [3.05, 3.63) is 62.6 Å². The summed E-state index contributed by atoms with van der Waals surface area (Å²) in [5, 5.41) is 10.9. The number of rotatable bonds is 6. The third-order valence-electron chi connectivity index (χ3n) is 3.55. The Kier molecular flexibility index (Phi) is 5.98. The van der Waals surface area contributed by atoms with E-state index in [0.717, 1.165) is 27.5 Å². The molecule has 0 heterocycles. The van der Waals surface area contributed by atoms with E-state index in [0.29, 0.717) is 0 Å². The lowest BCUT2D eigenvalue weighted by Crippen LogP contribution is -2.36. The van der Waals surface area contributed by atoms with E-state index in [9.17, 15) is 23.3 Å². The molecule has 0 aliphatic rings. The Morgan fingerprint density at radius 3 is 2.54 bits per heavy atom. The summed E-state index contributed by atoms with van der Waals surface area (Å²) in [6, 6.07) is 9.40. The molecule has 0 N–H and O–H groups in total. The van der Waals surface area contributed by atoms with Gasteiger partial charge in [-0.25, -0.2) is 8.42 Å². The zero-order valence-electron chi connectivity index (χ0n) is 13.9. The van der Waals surface area contributed by atoms with E-state index in [4.69, 9.17) is 0 Å². The molecule has 0 spiro atoms. The van der Waals surface area contributed by atoms with E-state index >= 15 is 0 Å². The van der Waals surface area contributed by atoms with Gasteiger partial charge < -0.3 is 4.74 Å². The predicted molar refractivity (Wildman–Crippen MR) is 98.5 cm³/mol. The van der Waals surface area contributed by atoms with E-state index in [1.165, 1.54) is 24.3 Å². The van der Waals surface area contributed by atoms with Crippen LogP contribution in [0.15, 0.2) is 51.8 Å². The maximum Gasteiger partial charge on any atom is 0.326 e. The molecule has 2 aromatic carbocycles. The summed E-state index contributed by atoms with van der Waals surface area (Å²) in [6.07, 6.45) is 0. The highest BCUT2D eigenvalue weighted by Crippen LogP contribution is 2.29. The van der Waals surface area contributed by atoms with Gasteiger partial charge in [-0.1, -0.05) is 22.0 Å². The first kappa shape index (κ1) is 19.9. The smallest absolute Gasteiger partial charge is 0.326 e. The monoisotopic (exact) mass is 442 g/mol. The normalized spacial score (nSPS) is 11.0. The standard InChI is InChI=1S/C16H15BrN2O6S/c1-11-8-12(6-7-15(11)17)18(10-16(20)25-2)26(23,24)14-5-3-4-13(9-14)19(21)22/h3-9H,10H2,1-2H3. The van der Waals surface area contributed by atoms with Gasteiger partial charge in [0.05, 0.1) is 22.6 Å². The molecule has 0 bridgehead atoms. The highest BCUT2D eigenvalue weighted by atomic mass is 79.9. The van der Waals surface area contributed by atoms with Crippen molar-refractivity contribution in [3.63, 3.8) is 0 Å². The fourth-order valence-corrected chi connectivity index (χ4v) is 3.85. The van der Waals surface area contributed by atoms with Crippen LogP contribution in [-0.2, 0) is 19.6 Å². The lowest BCUT2D eigenvalue weighted by Gasteiger charge is -2.24. The molecule has 0 fully saturated rings. The van der Waals surface area contributed by atoms with Crippen LogP contribution in [0.2, 0.25) is 0 Å². The Balaban J connectivity index is 2.59. The number of nitro benzene ring substituents is 1. The summed E-state index contributed by atoms with van der Waals surface area (Å²) >= 11 is 3.33. The average molecular weight is 443 g/mol. The molecule has 0 atom stereocenters. The van der Waals surface area contributed by atoms with Gasteiger partial charge in [-0.15, -0.1) is 0 Å². The number of ether oxygens (including phenoxy) is 1. The number of nitrogens with zero attached hydrogens (tertiary/aromatic N) is 2. The average Bonchev–Trinajstić information content (AvgIpc) is 2.61. The third-order valence-corrected chi connectivity index (χ3v) is 6.21. The highest BCUT2D eigenvalue weighted by Gasteiger charge is 2.29. The van der Waals surface area contributed by atoms with E-state index in [-0.39, 0.29) is 16.3 Å². The SMILES string of the molecule is COC(=O)CN(c1ccc(Br)c(C)c1)S(=O)(=O)c1cccc([N+](=O)[O-])c1. The van der Waals surface area contributed by atoms with Gasteiger partial charge in [0.15, 0.2) is 0 Å². The molecule has 2 rings (SSSR count). The summed E-state index contributed by atoms with van der Waals surface area (Å²) < 4.78 is 32.3. The first-order chi connectivity index (χ1) is 12.2. The number of benzene rings is 2. The minimum atomic E-state index is -4.23. The van der Waals surface area contributed by atoms with Crippen LogP contribution in [0, 0.1) is 17.0 Å². The van der Waals surface area contributed by atoms with E-state index in [1.54, 1.807) is 19.1 Å². The van der Waals surface area contributed by atoms with Gasteiger partial charge in [0.1, 0.15) is 6.54 Å². The summed E-state index contributed by atoms with van der Waals surface area (Å²) in [5.74, 6) is -0.764. The number of methoxy groups -OCH3 is 1. The number of carbonyl (C=O) groups excluding carboxylic acids is 1. The molecule has 2 aromatic rings. The van der Waals surface area contributed by atoms with Crippen LogP contribution in [0.5, 0.6) is 0 Å². The van der Waals surface area contributed by atoms with Crippen LogP contribution in [0.1, 0.15) is 5.56 Å².